The minimum atomic E-state index is -0.969. The summed E-state index contributed by atoms with van der Waals surface area (Å²) >= 11 is 0. The maximum Gasteiger partial charge on any atom is 0.326 e. The van der Waals surface area contributed by atoms with Crippen LogP contribution in [0.4, 0.5) is 0 Å². The maximum absolute atomic E-state index is 12.0. The Kier molecular flexibility index (Phi) is 2.64. The number of amides is 1. The molecule has 0 aromatic carbocycles. The Bertz CT molecular complexity index is 426. The average molecular weight is 224 g/mol. The van der Waals surface area contributed by atoms with Gasteiger partial charge in [-0.25, -0.2) is 4.79 Å². The summed E-state index contributed by atoms with van der Waals surface area (Å²) < 4.78 is 4.83. The van der Waals surface area contributed by atoms with E-state index in [-0.39, 0.29) is 11.7 Å². The normalized spacial score (nSPS) is 20.1. The molecule has 1 aromatic rings. The molecule has 0 saturated carbocycles. The van der Waals surface area contributed by atoms with Crippen LogP contribution in [0.15, 0.2) is 10.7 Å². The van der Waals surface area contributed by atoms with Gasteiger partial charge in [0.25, 0.3) is 5.91 Å². The Hall–Kier alpha value is -1.85. The molecule has 1 aliphatic rings. The van der Waals surface area contributed by atoms with E-state index in [1.54, 1.807) is 6.92 Å². The van der Waals surface area contributed by atoms with Gasteiger partial charge in [-0.2, -0.15) is 0 Å². The first-order valence-electron chi connectivity index (χ1n) is 5.06. The lowest BCUT2D eigenvalue weighted by molar-refractivity contribution is -0.141. The van der Waals surface area contributed by atoms with Crippen LogP contribution in [-0.2, 0) is 4.79 Å². The highest BCUT2D eigenvalue weighted by Crippen LogP contribution is 2.21. The zero-order chi connectivity index (χ0) is 11.7. The zero-order valence-electron chi connectivity index (χ0n) is 8.84. The number of carbonyl (C=O) groups is 2. The van der Waals surface area contributed by atoms with Gasteiger partial charge >= 0.3 is 5.97 Å². The van der Waals surface area contributed by atoms with Gasteiger partial charge in [-0.15, -0.1) is 0 Å². The molecule has 6 nitrogen and oxygen atoms in total. The molecule has 0 bridgehead atoms. The number of nitrogens with zero attached hydrogens (tertiary/aromatic N) is 2. The molecule has 0 spiro atoms. The first kappa shape index (κ1) is 10.7. The Morgan fingerprint density at radius 3 is 2.94 bits per heavy atom. The van der Waals surface area contributed by atoms with Gasteiger partial charge < -0.3 is 14.5 Å². The first-order valence-corrected chi connectivity index (χ1v) is 5.06. The highest BCUT2D eigenvalue weighted by atomic mass is 16.5. The summed E-state index contributed by atoms with van der Waals surface area (Å²) in [7, 11) is 0. The Balaban J connectivity index is 2.22. The first-order chi connectivity index (χ1) is 7.61. The largest absolute Gasteiger partial charge is 0.480 e. The number of carboxylic acid groups (broad SMARTS) is 1. The van der Waals surface area contributed by atoms with Crippen LogP contribution >= 0.6 is 0 Å². The second-order valence-corrected chi connectivity index (χ2v) is 3.83. The van der Waals surface area contributed by atoms with Crippen molar-refractivity contribution in [2.75, 3.05) is 6.54 Å². The lowest BCUT2D eigenvalue weighted by Gasteiger charge is -2.19. The molecule has 1 aromatic heterocycles. The summed E-state index contributed by atoms with van der Waals surface area (Å²) in [5.74, 6) is -1.23. The third-order valence-corrected chi connectivity index (χ3v) is 2.74. The summed E-state index contributed by atoms with van der Waals surface area (Å²) in [5.41, 5.74) is 0.626. The van der Waals surface area contributed by atoms with Gasteiger partial charge in [-0.1, -0.05) is 5.16 Å². The predicted molar refractivity (Wildman–Crippen MR) is 52.9 cm³/mol. The highest BCUT2D eigenvalue weighted by Gasteiger charge is 2.36. The van der Waals surface area contributed by atoms with Crippen molar-refractivity contribution in [2.24, 2.45) is 0 Å². The van der Waals surface area contributed by atoms with Crippen molar-refractivity contribution in [1.82, 2.24) is 10.1 Å². The third-order valence-electron chi connectivity index (χ3n) is 2.74. The van der Waals surface area contributed by atoms with Crippen molar-refractivity contribution in [3.05, 3.63) is 17.5 Å². The number of carboxylic acids is 1. The zero-order valence-corrected chi connectivity index (χ0v) is 8.84. The van der Waals surface area contributed by atoms with Crippen LogP contribution in [-0.4, -0.2) is 39.6 Å². The van der Waals surface area contributed by atoms with E-state index in [1.165, 1.54) is 11.1 Å². The fraction of sp³-hybridized carbons (Fsp3) is 0.500. The van der Waals surface area contributed by atoms with E-state index in [4.69, 9.17) is 9.63 Å². The Morgan fingerprint density at radius 1 is 1.62 bits per heavy atom. The number of aryl methyl sites for hydroxylation is 1. The molecule has 1 saturated heterocycles. The van der Waals surface area contributed by atoms with E-state index in [0.29, 0.717) is 24.9 Å². The monoisotopic (exact) mass is 224 g/mol. The second-order valence-electron chi connectivity index (χ2n) is 3.83. The number of likely N-dealkylation sites (tertiary alicyclic amines) is 1. The number of hydrogen-bond donors (Lipinski definition) is 1. The molecule has 16 heavy (non-hydrogen) atoms. The summed E-state index contributed by atoms with van der Waals surface area (Å²) in [6.07, 6.45) is 2.64. The molecule has 0 aliphatic carbocycles. The quantitative estimate of drug-likeness (QED) is 0.798. The van der Waals surface area contributed by atoms with Crippen LogP contribution in [0, 0.1) is 6.92 Å². The number of aliphatic carboxylic acids is 1. The number of hydrogen-bond acceptors (Lipinski definition) is 4. The fourth-order valence-corrected chi connectivity index (χ4v) is 1.89. The number of aromatic nitrogens is 1. The Labute approximate surface area is 91.8 Å². The van der Waals surface area contributed by atoms with Gasteiger partial charge in [-0.05, 0) is 19.8 Å². The van der Waals surface area contributed by atoms with Gasteiger partial charge in [0.15, 0.2) is 0 Å². The SMILES string of the molecule is Cc1cnoc1C(=O)N1CCC[C@H]1C(=O)O. The topological polar surface area (TPSA) is 83.6 Å². The minimum absolute atomic E-state index is 0.133. The van der Waals surface area contributed by atoms with Gasteiger partial charge in [0.05, 0.1) is 6.20 Å². The maximum atomic E-state index is 12.0. The summed E-state index contributed by atoms with van der Waals surface area (Å²) in [4.78, 5) is 24.2. The lowest BCUT2D eigenvalue weighted by atomic mass is 10.2. The molecular weight excluding hydrogens is 212 g/mol. The van der Waals surface area contributed by atoms with Gasteiger partial charge in [0, 0.05) is 12.1 Å². The van der Waals surface area contributed by atoms with E-state index in [2.05, 4.69) is 5.16 Å². The lowest BCUT2D eigenvalue weighted by Crippen LogP contribution is -2.40. The van der Waals surface area contributed by atoms with Crippen molar-refractivity contribution in [2.45, 2.75) is 25.8 Å². The smallest absolute Gasteiger partial charge is 0.326 e. The second kappa shape index (κ2) is 3.96. The fourth-order valence-electron chi connectivity index (χ4n) is 1.89. The standard InChI is InChI=1S/C10H12N2O4/c1-6-5-11-16-8(6)9(13)12-4-2-3-7(12)10(14)15/h5,7H,2-4H2,1H3,(H,14,15)/t7-/m0/s1. The van der Waals surface area contributed by atoms with Gasteiger partial charge in [0.2, 0.25) is 5.76 Å². The van der Waals surface area contributed by atoms with E-state index in [0.717, 1.165) is 0 Å². The van der Waals surface area contributed by atoms with E-state index in [1.807, 2.05) is 0 Å². The van der Waals surface area contributed by atoms with Crippen LogP contribution < -0.4 is 0 Å². The van der Waals surface area contributed by atoms with Crippen LogP contribution in [0.3, 0.4) is 0 Å². The molecular formula is C10H12N2O4. The molecule has 0 radical (unpaired) electrons. The summed E-state index contributed by atoms with van der Waals surface area (Å²) in [5, 5.41) is 12.5. The minimum Gasteiger partial charge on any atom is -0.480 e. The summed E-state index contributed by atoms with van der Waals surface area (Å²) in [6, 6.07) is -0.739. The van der Waals surface area contributed by atoms with Crippen molar-refractivity contribution in [3.8, 4) is 0 Å². The Morgan fingerprint density at radius 2 is 2.38 bits per heavy atom. The predicted octanol–water partition coefficient (Wildman–Crippen LogP) is 0.672. The van der Waals surface area contributed by atoms with Gasteiger partial charge in [0.1, 0.15) is 6.04 Å². The molecule has 86 valence electrons. The molecule has 1 amide bonds. The molecule has 1 fully saturated rings. The highest BCUT2D eigenvalue weighted by molar-refractivity contribution is 5.95. The average Bonchev–Trinajstić information content (AvgIpc) is 2.84. The van der Waals surface area contributed by atoms with E-state index < -0.39 is 12.0 Å². The molecule has 1 aliphatic heterocycles. The molecule has 6 heteroatoms. The van der Waals surface area contributed by atoms with E-state index >= 15 is 0 Å². The van der Waals surface area contributed by atoms with Crippen molar-refractivity contribution in [1.29, 1.82) is 0 Å². The van der Waals surface area contributed by atoms with Crippen LogP contribution in [0.25, 0.3) is 0 Å². The molecule has 2 rings (SSSR count). The van der Waals surface area contributed by atoms with Crippen molar-refractivity contribution >= 4 is 11.9 Å². The van der Waals surface area contributed by atoms with Crippen LogP contribution in [0.1, 0.15) is 29.0 Å². The number of carbonyl (C=O) groups excluding carboxylic acids is 1. The molecule has 1 atom stereocenters. The van der Waals surface area contributed by atoms with Crippen molar-refractivity contribution < 1.29 is 19.2 Å². The van der Waals surface area contributed by atoms with E-state index in [9.17, 15) is 9.59 Å². The third kappa shape index (κ3) is 1.66. The molecule has 1 N–H and O–H groups in total. The molecule has 2 heterocycles. The van der Waals surface area contributed by atoms with Crippen LogP contribution in [0.5, 0.6) is 0 Å². The van der Waals surface area contributed by atoms with Crippen molar-refractivity contribution in [3.63, 3.8) is 0 Å². The van der Waals surface area contributed by atoms with Gasteiger partial charge in [-0.3, -0.25) is 4.79 Å². The molecule has 0 unspecified atom stereocenters. The number of rotatable bonds is 2. The summed E-state index contributed by atoms with van der Waals surface area (Å²) in [6.45, 7) is 2.16. The van der Waals surface area contributed by atoms with Crippen LogP contribution in [0.2, 0.25) is 0 Å².